The average Bonchev–Trinajstić information content (AvgIpc) is 2.41. The van der Waals surface area contributed by atoms with Crippen LogP contribution >= 0.6 is 0 Å². The Balaban J connectivity index is 2.47. The maximum atomic E-state index is 11.1. The maximum absolute atomic E-state index is 11.1. The molecular formula is C15H25NO3S. The molecule has 20 heavy (non-hydrogen) atoms. The standard InChI is InChI=1S/C15H25NO3S/c1-3-5-6-14-7-9-15(10-8-14)19-11-13(4-2)12-20(16,17)18/h7-10,13H,3-6,11-12H2,1-2H3,(H2,16,17,18). The molecule has 1 aromatic carbocycles. The lowest BCUT2D eigenvalue weighted by Crippen LogP contribution is -2.26. The third kappa shape index (κ3) is 6.91. The second-order valence-electron chi connectivity index (χ2n) is 5.16. The first kappa shape index (κ1) is 17.0. The highest BCUT2D eigenvalue weighted by Gasteiger charge is 2.14. The van der Waals surface area contributed by atoms with Gasteiger partial charge in [0.2, 0.25) is 10.0 Å². The highest BCUT2D eigenvalue weighted by Crippen LogP contribution is 2.16. The number of unbranched alkanes of at least 4 members (excludes halogenated alkanes) is 1. The minimum absolute atomic E-state index is 0.0297. The van der Waals surface area contributed by atoms with Gasteiger partial charge in [-0.1, -0.05) is 32.4 Å². The van der Waals surface area contributed by atoms with Gasteiger partial charge in [-0.3, -0.25) is 0 Å². The normalized spacial score (nSPS) is 13.2. The molecule has 1 aromatic rings. The van der Waals surface area contributed by atoms with Gasteiger partial charge in [-0.2, -0.15) is 0 Å². The number of hydrogen-bond donors (Lipinski definition) is 1. The summed E-state index contributed by atoms with van der Waals surface area (Å²) in [6.07, 6.45) is 4.18. The summed E-state index contributed by atoms with van der Waals surface area (Å²) in [5, 5.41) is 5.06. The molecule has 0 amide bonds. The lowest BCUT2D eigenvalue weighted by Gasteiger charge is -2.15. The summed E-state index contributed by atoms with van der Waals surface area (Å²) in [6, 6.07) is 8.00. The Morgan fingerprint density at radius 3 is 2.35 bits per heavy atom. The highest BCUT2D eigenvalue weighted by molar-refractivity contribution is 7.89. The molecule has 0 fully saturated rings. The predicted molar refractivity (Wildman–Crippen MR) is 82.3 cm³/mol. The first-order valence-electron chi connectivity index (χ1n) is 7.16. The Morgan fingerprint density at radius 1 is 1.20 bits per heavy atom. The number of rotatable bonds is 9. The Hall–Kier alpha value is -1.07. The van der Waals surface area contributed by atoms with Crippen molar-refractivity contribution in [3.63, 3.8) is 0 Å². The smallest absolute Gasteiger partial charge is 0.209 e. The zero-order chi connectivity index (χ0) is 15.0. The first-order chi connectivity index (χ1) is 9.44. The first-order valence-corrected chi connectivity index (χ1v) is 8.88. The van der Waals surface area contributed by atoms with E-state index in [4.69, 9.17) is 9.88 Å². The third-order valence-corrected chi connectivity index (χ3v) is 4.21. The molecule has 1 rings (SSSR count). The van der Waals surface area contributed by atoms with Crippen LogP contribution in [0, 0.1) is 5.92 Å². The monoisotopic (exact) mass is 299 g/mol. The van der Waals surface area contributed by atoms with Crippen LogP contribution in [0.3, 0.4) is 0 Å². The Labute approximate surface area is 122 Å². The summed E-state index contributed by atoms with van der Waals surface area (Å²) in [5.74, 6) is 0.681. The molecule has 4 nitrogen and oxygen atoms in total. The van der Waals surface area contributed by atoms with Gasteiger partial charge in [0, 0.05) is 5.92 Å². The van der Waals surface area contributed by atoms with Gasteiger partial charge in [0.05, 0.1) is 12.4 Å². The van der Waals surface area contributed by atoms with Crippen molar-refractivity contribution in [1.82, 2.24) is 0 Å². The molecule has 0 bridgehead atoms. The Morgan fingerprint density at radius 2 is 1.85 bits per heavy atom. The average molecular weight is 299 g/mol. The molecule has 2 N–H and O–H groups in total. The van der Waals surface area contributed by atoms with Crippen molar-refractivity contribution >= 4 is 10.0 Å². The fourth-order valence-electron chi connectivity index (χ4n) is 1.96. The molecule has 0 radical (unpaired) electrons. The third-order valence-electron chi connectivity index (χ3n) is 3.27. The quantitative estimate of drug-likeness (QED) is 0.762. The van der Waals surface area contributed by atoms with Gasteiger partial charge in [-0.05, 0) is 37.0 Å². The van der Waals surface area contributed by atoms with Crippen molar-refractivity contribution in [3.8, 4) is 5.75 Å². The largest absolute Gasteiger partial charge is 0.493 e. The molecule has 0 aromatic heterocycles. The van der Waals surface area contributed by atoms with E-state index in [0.29, 0.717) is 6.61 Å². The SMILES string of the molecule is CCCCc1ccc(OCC(CC)CS(N)(=O)=O)cc1. The summed E-state index contributed by atoms with van der Waals surface area (Å²) in [6.45, 7) is 4.49. The zero-order valence-electron chi connectivity index (χ0n) is 12.3. The van der Waals surface area contributed by atoms with Gasteiger partial charge in [-0.25, -0.2) is 13.6 Å². The van der Waals surface area contributed by atoms with Crippen molar-refractivity contribution < 1.29 is 13.2 Å². The van der Waals surface area contributed by atoms with E-state index in [1.165, 1.54) is 18.4 Å². The van der Waals surface area contributed by atoms with Crippen molar-refractivity contribution in [3.05, 3.63) is 29.8 Å². The van der Waals surface area contributed by atoms with E-state index in [0.717, 1.165) is 18.6 Å². The molecule has 0 aliphatic rings. The van der Waals surface area contributed by atoms with E-state index in [1.54, 1.807) is 0 Å². The maximum Gasteiger partial charge on any atom is 0.209 e. The van der Waals surface area contributed by atoms with Crippen LogP contribution in [0.25, 0.3) is 0 Å². The Kier molecular flexibility index (Phi) is 7.02. The van der Waals surface area contributed by atoms with Gasteiger partial charge in [0.15, 0.2) is 0 Å². The minimum Gasteiger partial charge on any atom is -0.493 e. The summed E-state index contributed by atoms with van der Waals surface area (Å²) in [7, 11) is -3.44. The van der Waals surface area contributed by atoms with Crippen LogP contribution in [-0.2, 0) is 16.4 Å². The van der Waals surface area contributed by atoms with Crippen LogP contribution in [0.15, 0.2) is 24.3 Å². The number of aryl methyl sites for hydroxylation is 1. The molecule has 114 valence electrons. The summed E-state index contributed by atoms with van der Waals surface area (Å²) in [5.41, 5.74) is 1.30. The molecule has 0 aliphatic carbocycles. The summed E-state index contributed by atoms with van der Waals surface area (Å²) >= 11 is 0. The number of sulfonamides is 1. The van der Waals surface area contributed by atoms with Gasteiger partial charge in [0.25, 0.3) is 0 Å². The van der Waals surface area contributed by atoms with Gasteiger partial charge in [-0.15, -0.1) is 0 Å². The van der Waals surface area contributed by atoms with Crippen molar-refractivity contribution in [2.75, 3.05) is 12.4 Å². The molecule has 0 spiro atoms. The predicted octanol–water partition coefficient (Wildman–Crippen LogP) is 2.72. The lowest BCUT2D eigenvalue weighted by atomic mass is 10.1. The van der Waals surface area contributed by atoms with Gasteiger partial charge in [0.1, 0.15) is 5.75 Å². The molecule has 0 saturated carbocycles. The molecule has 1 atom stereocenters. The number of ether oxygens (including phenoxy) is 1. The molecule has 0 saturated heterocycles. The second-order valence-corrected chi connectivity index (χ2v) is 6.82. The van der Waals surface area contributed by atoms with E-state index in [1.807, 2.05) is 19.1 Å². The fraction of sp³-hybridized carbons (Fsp3) is 0.600. The van der Waals surface area contributed by atoms with Crippen molar-refractivity contribution in [2.45, 2.75) is 39.5 Å². The second kappa shape index (κ2) is 8.27. The van der Waals surface area contributed by atoms with Crippen molar-refractivity contribution in [1.29, 1.82) is 0 Å². The van der Waals surface area contributed by atoms with E-state index < -0.39 is 10.0 Å². The molecule has 0 aliphatic heterocycles. The Bertz CT molecular complexity index is 482. The number of hydrogen-bond acceptors (Lipinski definition) is 3. The minimum atomic E-state index is -3.44. The van der Waals surface area contributed by atoms with Crippen LogP contribution in [0.5, 0.6) is 5.75 Å². The topological polar surface area (TPSA) is 69.4 Å². The number of nitrogens with two attached hydrogens (primary N) is 1. The molecular weight excluding hydrogens is 274 g/mol. The molecule has 5 heteroatoms. The van der Waals surface area contributed by atoms with Gasteiger partial charge >= 0.3 is 0 Å². The lowest BCUT2D eigenvalue weighted by molar-refractivity contribution is 0.257. The summed E-state index contributed by atoms with van der Waals surface area (Å²) in [4.78, 5) is 0. The fourth-order valence-corrected chi connectivity index (χ4v) is 2.95. The van der Waals surface area contributed by atoms with Crippen LogP contribution in [0.4, 0.5) is 0 Å². The van der Waals surface area contributed by atoms with Crippen molar-refractivity contribution in [2.24, 2.45) is 11.1 Å². The summed E-state index contributed by atoms with van der Waals surface area (Å²) < 4.78 is 27.8. The zero-order valence-corrected chi connectivity index (χ0v) is 13.2. The van der Waals surface area contributed by atoms with E-state index in [-0.39, 0.29) is 11.7 Å². The number of primary sulfonamides is 1. The highest BCUT2D eigenvalue weighted by atomic mass is 32.2. The van der Waals surface area contributed by atoms with Crippen LogP contribution in [-0.4, -0.2) is 20.8 Å². The van der Waals surface area contributed by atoms with Crippen LogP contribution < -0.4 is 9.88 Å². The number of benzene rings is 1. The van der Waals surface area contributed by atoms with E-state index in [9.17, 15) is 8.42 Å². The van der Waals surface area contributed by atoms with Crippen LogP contribution in [0.1, 0.15) is 38.7 Å². The molecule has 0 heterocycles. The van der Waals surface area contributed by atoms with E-state index >= 15 is 0 Å². The molecule has 1 unspecified atom stereocenters. The van der Waals surface area contributed by atoms with Gasteiger partial charge < -0.3 is 4.74 Å². The van der Waals surface area contributed by atoms with E-state index in [2.05, 4.69) is 19.1 Å². The van der Waals surface area contributed by atoms with Crippen LogP contribution in [0.2, 0.25) is 0 Å².